The molecule has 1 aliphatic carbocycles. The molecule has 4 heteroatoms. The van der Waals surface area contributed by atoms with Gasteiger partial charge in [-0.05, 0) is 25.7 Å². The predicted octanol–water partition coefficient (Wildman–Crippen LogP) is 1.45. The van der Waals surface area contributed by atoms with Crippen LogP contribution in [0.25, 0.3) is 0 Å². The van der Waals surface area contributed by atoms with Crippen LogP contribution in [0, 0.1) is 17.8 Å². The lowest BCUT2D eigenvalue weighted by Crippen LogP contribution is -2.49. The molecule has 0 aromatic rings. The van der Waals surface area contributed by atoms with Crippen molar-refractivity contribution in [2.75, 3.05) is 26.2 Å². The van der Waals surface area contributed by atoms with Crippen molar-refractivity contribution in [2.45, 2.75) is 39.5 Å². The molecule has 0 radical (unpaired) electrons. The van der Waals surface area contributed by atoms with Crippen LogP contribution in [0.15, 0.2) is 0 Å². The number of ketones is 1. The lowest BCUT2D eigenvalue weighted by atomic mass is 9.77. The highest BCUT2D eigenvalue weighted by Crippen LogP contribution is 2.32. The van der Waals surface area contributed by atoms with E-state index in [1.807, 2.05) is 18.7 Å². The number of amides is 1. The molecule has 108 valence electrons. The second-order valence-electron chi connectivity index (χ2n) is 6.18. The van der Waals surface area contributed by atoms with E-state index in [4.69, 9.17) is 0 Å². The third-order valence-electron chi connectivity index (χ3n) is 4.48. The molecule has 1 saturated heterocycles. The van der Waals surface area contributed by atoms with Gasteiger partial charge in [0.1, 0.15) is 5.78 Å². The molecule has 1 aliphatic heterocycles. The number of Topliss-reactive ketones (excluding diaryl/α,β-unsaturated/α-hetero) is 1. The highest BCUT2D eigenvalue weighted by atomic mass is 16.2. The highest BCUT2D eigenvalue weighted by molar-refractivity contribution is 5.83. The molecule has 0 bridgehead atoms. The molecule has 0 aromatic carbocycles. The molecule has 2 aliphatic rings. The van der Waals surface area contributed by atoms with Crippen LogP contribution in [-0.4, -0.2) is 42.8 Å². The number of hydrogen-bond donors (Lipinski definition) is 1. The van der Waals surface area contributed by atoms with E-state index in [0.717, 1.165) is 51.9 Å². The third-order valence-corrected chi connectivity index (χ3v) is 4.48. The van der Waals surface area contributed by atoms with Crippen molar-refractivity contribution in [3.63, 3.8) is 0 Å². The van der Waals surface area contributed by atoms with Crippen LogP contribution >= 0.6 is 0 Å². The minimum Gasteiger partial charge on any atom is -0.340 e. The summed E-state index contributed by atoms with van der Waals surface area (Å²) < 4.78 is 0. The summed E-state index contributed by atoms with van der Waals surface area (Å²) in [5.74, 6) is 1.19. The number of carbonyl (C=O) groups is 2. The van der Waals surface area contributed by atoms with Crippen LogP contribution in [0.3, 0.4) is 0 Å². The maximum atomic E-state index is 12.4. The Hall–Kier alpha value is -0.900. The van der Waals surface area contributed by atoms with Gasteiger partial charge in [0.05, 0.1) is 0 Å². The summed E-state index contributed by atoms with van der Waals surface area (Å²) in [6.45, 7) is 7.44. The van der Waals surface area contributed by atoms with Gasteiger partial charge in [-0.3, -0.25) is 9.59 Å². The standard InChI is InChI=1S/C15H26N2O2/c1-11(2)14(18)12-3-5-13(6-4-12)15(19)17-9-7-16-8-10-17/h11-13,16H,3-10H2,1-2H3. The summed E-state index contributed by atoms with van der Waals surface area (Å²) in [6, 6.07) is 0. The van der Waals surface area contributed by atoms with Gasteiger partial charge in [0.25, 0.3) is 0 Å². The maximum absolute atomic E-state index is 12.4. The number of nitrogens with zero attached hydrogens (tertiary/aromatic N) is 1. The number of piperazine rings is 1. The van der Waals surface area contributed by atoms with Crippen molar-refractivity contribution in [1.82, 2.24) is 10.2 Å². The van der Waals surface area contributed by atoms with E-state index in [-0.39, 0.29) is 17.8 Å². The van der Waals surface area contributed by atoms with Crippen molar-refractivity contribution >= 4 is 11.7 Å². The second kappa shape index (κ2) is 6.51. The van der Waals surface area contributed by atoms with Crippen molar-refractivity contribution in [1.29, 1.82) is 0 Å². The molecule has 0 unspecified atom stereocenters. The van der Waals surface area contributed by atoms with Crippen LogP contribution in [0.5, 0.6) is 0 Å². The molecule has 1 N–H and O–H groups in total. The fourth-order valence-corrected chi connectivity index (χ4v) is 3.24. The summed E-state index contributed by atoms with van der Waals surface area (Å²) in [4.78, 5) is 26.3. The van der Waals surface area contributed by atoms with Gasteiger partial charge in [-0.2, -0.15) is 0 Å². The van der Waals surface area contributed by atoms with E-state index in [1.165, 1.54) is 0 Å². The first kappa shape index (κ1) is 14.5. The van der Waals surface area contributed by atoms with E-state index in [1.54, 1.807) is 0 Å². The molecule has 1 amide bonds. The quantitative estimate of drug-likeness (QED) is 0.841. The van der Waals surface area contributed by atoms with Crippen LogP contribution in [-0.2, 0) is 9.59 Å². The molecule has 19 heavy (non-hydrogen) atoms. The van der Waals surface area contributed by atoms with Gasteiger partial charge in [0.15, 0.2) is 0 Å². The fraction of sp³-hybridized carbons (Fsp3) is 0.867. The molecular formula is C15H26N2O2. The van der Waals surface area contributed by atoms with E-state index in [9.17, 15) is 9.59 Å². The highest BCUT2D eigenvalue weighted by Gasteiger charge is 2.32. The molecule has 4 nitrogen and oxygen atoms in total. The van der Waals surface area contributed by atoms with Gasteiger partial charge in [-0.25, -0.2) is 0 Å². The summed E-state index contributed by atoms with van der Waals surface area (Å²) in [5, 5.41) is 3.27. The van der Waals surface area contributed by atoms with E-state index in [2.05, 4.69) is 5.32 Å². The molecule has 1 heterocycles. The van der Waals surface area contributed by atoms with Gasteiger partial charge in [0, 0.05) is 43.9 Å². The van der Waals surface area contributed by atoms with Crippen LogP contribution in [0.2, 0.25) is 0 Å². The molecular weight excluding hydrogens is 240 g/mol. The van der Waals surface area contributed by atoms with Gasteiger partial charge in [-0.1, -0.05) is 13.8 Å². The Morgan fingerprint density at radius 2 is 1.53 bits per heavy atom. The number of nitrogens with one attached hydrogen (secondary N) is 1. The normalized spacial score (nSPS) is 28.5. The molecule has 1 saturated carbocycles. The number of rotatable bonds is 3. The molecule has 0 aromatic heterocycles. The minimum absolute atomic E-state index is 0.130. The minimum atomic E-state index is 0.130. The van der Waals surface area contributed by atoms with Crippen molar-refractivity contribution < 1.29 is 9.59 Å². The summed E-state index contributed by atoms with van der Waals surface area (Å²) >= 11 is 0. The van der Waals surface area contributed by atoms with Gasteiger partial charge in [-0.15, -0.1) is 0 Å². The fourth-order valence-electron chi connectivity index (χ4n) is 3.24. The summed E-state index contributed by atoms with van der Waals surface area (Å²) in [5.41, 5.74) is 0. The monoisotopic (exact) mass is 266 g/mol. The summed E-state index contributed by atoms with van der Waals surface area (Å²) in [6.07, 6.45) is 3.59. The smallest absolute Gasteiger partial charge is 0.225 e. The lowest BCUT2D eigenvalue weighted by molar-refractivity contribution is -0.139. The average molecular weight is 266 g/mol. The lowest BCUT2D eigenvalue weighted by Gasteiger charge is -2.34. The number of carbonyl (C=O) groups excluding carboxylic acids is 2. The van der Waals surface area contributed by atoms with E-state index in [0.29, 0.717) is 11.7 Å². The van der Waals surface area contributed by atoms with Crippen LogP contribution in [0.1, 0.15) is 39.5 Å². The SMILES string of the molecule is CC(C)C(=O)C1CCC(C(=O)N2CCNCC2)CC1. The molecule has 2 rings (SSSR count). The Morgan fingerprint density at radius 1 is 1.00 bits per heavy atom. The Balaban J connectivity index is 1.82. The Bertz CT molecular complexity index is 327. The van der Waals surface area contributed by atoms with Crippen LogP contribution < -0.4 is 5.32 Å². The molecule has 0 spiro atoms. The van der Waals surface area contributed by atoms with Crippen molar-refractivity contribution in [2.24, 2.45) is 17.8 Å². The topological polar surface area (TPSA) is 49.4 Å². The molecule has 2 fully saturated rings. The third kappa shape index (κ3) is 3.56. The largest absolute Gasteiger partial charge is 0.340 e. The van der Waals surface area contributed by atoms with Gasteiger partial charge < -0.3 is 10.2 Å². The molecule has 0 atom stereocenters. The van der Waals surface area contributed by atoms with Crippen molar-refractivity contribution in [3.05, 3.63) is 0 Å². The predicted molar refractivity (Wildman–Crippen MR) is 74.7 cm³/mol. The maximum Gasteiger partial charge on any atom is 0.225 e. The second-order valence-corrected chi connectivity index (χ2v) is 6.18. The number of hydrogen-bond acceptors (Lipinski definition) is 3. The van der Waals surface area contributed by atoms with Gasteiger partial charge in [0.2, 0.25) is 5.91 Å². The zero-order valence-corrected chi connectivity index (χ0v) is 12.2. The average Bonchev–Trinajstić information content (AvgIpc) is 2.46. The first-order chi connectivity index (χ1) is 9.09. The Labute approximate surface area is 115 Å². The first-order valence-corrected chi connectivity index (χ1v) is 7.63. The van der Waals surface area contributed by atoms with Crippen molar-refractivity contribution in [3.8, 4) is 0 Å². The first-order valence-electron chi connectivity index (χ1n) is 7.63. The van der Waals surface area contributed by atoms with E-state index < -0.39 is 0 Å². The zero-order valence-electron chi connectivity index (χ0n) is 12.2. The van der Waals surface area contributed by atoms with Crippen LogP contribution in [0.4, 0.5) is 0 Å². The van der Waals surface area contributed by atoms with Gasteiger partial charge >= 0.3 is 0 Å². The zero-order chi connectivity index (χ0) is 13.8. The summed E-state index contributed by atoms with van der Waals surface area (Å²) in [7, 11) is 0. The Kier molecular flexibility index (Phi) is 4.97. The Morgan fingerprint density at radius 3 is 2.05 bits per heavy atom. The van der Waals surface area contributed by atoms with E-state index >= 15 is 0 Å².